The molecule has 2 heterocycles. The van der Waals surface area contributed by atoms with Crippen LogP contribution in [0, 0.1) is 0 Å². The number of rotatable bonds is 4. The summed E-state index contributed by atoms with van der Waals surface area (Å²) < 4.78 is 6.61. The van der Waals surface area contributed by atoms with Crippen LogP contribution in [-0.2, 0) is 13.0 Å². The fourth-order valence-corrected chi connectivity index (χ4v) is 1.81. The molecular weight excluding hydrogens is 228 g/mol. The van der Waals surface area contributed by atoms with Crippen LogP contribution in [-0.4, -0.2) is 19.9 Å². The summed E-state index contributed by atoms with van der Waals surface area (Å²) in [6, 6.07) is 10.2. The Hall–Kier alpha value is -2.43. The molecule has 3 rings (SSSR count). The van der Waals surface area contributed by atoms with Gasteiger partial charge in [0.1, 0.15) is 0 Å². The van der Waals surface area contributed by atoms with Crippen molar-refractivity contribution in [2.75, 3.05) is 0 Å². The van der Waals surface area contributed by atoms with Gasteiger partial charge in [0.05, 0.1) is 12.7 Å². The fraction of sp³-hybridized carbons (Fsp3) is 0.154. The summed E-state index contributed by atoms with van der Waals surface area (Å²) in [6.45, 7) is 0.771. The lowest BCUT2D eigenvalue weighted by Crippen LogP contribution is -1.99. The summed E-state index contributed by atoms with van der Waals surface area (Å²) in [5.74, 6) is 0.675. The highest BCUT2D eigenvalue weighted by atomic mass is 16.5. The van der Waals surface area contributed by atoms with Gasteiger partial charge in [-0.3, -0.25) is 4.68 Å². The summed E-state index contributed by atoms with van der Waals surface area (Å²) in [4.78, 5) is 3.99. The van der Waals surface area contributed by atoms with Gasteiger partial charge in [0.25, 0.3) is 0 Å². The lowest BCUT2D eigenvalue weighted by Gasteiger charge is -2.00. The number of hydrogen-bond acceptors (Lipinski definition) is 4. The van der Waals surface area contributed by atoms with Gasteiger partial charge in [0.2, 0.25) is 6.39 Å². The molecule has 0 spiro atoms. The number of benzene rings is 1. The minimum absolute atomic E-state index is 0.644. The zero-order valence-electron chi connectivity index (χ0n) is 9.73. The second kappa shape index (κ2) is 4.83. The summed E-state index contributed by atoms with van der Waals surface area (Å²) in [7, 11) is 0. The lowest BCUT2D eigenvalue weighted by atomic mass is 10.2. The van der Waals surface area contributed by atoms with Gasteiger partial charge < -0.3 is 4.52 Å². The van der Waals surface area contributed by atoms with Crippen LogP contribution in [0.5, 0.6) is 0 Å². The standard InChI is InChI=1S/C13H12N4O/c1-2-4-11(5-3-1)8-17-9-12(7-15-17)6-13-14-10-18-16-13/h1-5,7,9-10H,6,8H2. The van der Waals surface area contributed by atoms with Crippen LogP contribution >= 0.6 is 0 Å². The molecule has 0 aliphatic carbocycles. The second-order valence-electron chi connectivity index (χ2n) is 4.06. The van der Waals surface area contributed by atoms with Crippen molar-refractivity contribution in [3.63, 3.8) is 0 Å². The smallest absolute Gasteiger partial charge is 0.213 e. The molecular formula is C13H12N4O. The molecule has 0 aliphatic rings. The Labute approximate surface area is 104 Å². The molecule has 0 saturated heterocycles. The van der Waals surface area contributed by atoms with Gasteiger partial charge in [-0.25, -0.2) is 0 Å². The maximum Gasteiger partial charge on any atom is 0.213 e. The minimum atomic E-state index is 0.644. The second-order valence-corrected chi connectivity index (χ2v) is 4.06. The Bertz CT molecular complexity index is 601. The van der Waals surface area contributed by atoms with Crippen LogP contribution in [0.2, 0.25) is 0 Å². The molecule has 0 saturated carbocycles. The SMILES string of the molecule is c1ccc(Cn2cc(Cc3ncon3)cn2)cc1. The third kappa shape index (κ3) is 2.45. The number of hydrogen-bond donors (Lipinski definition) is 0. The van der Waals surface area contributed by atoms with Crippen LogP contribution < -0.4 is 0 Å². The van der Waals surface area contributed by atoms with Crippen molar-refractivity contribution < 1.29 is 4.52 Å². The van der Waals surface area contributed by atoms with E-state index in [1.54, 1.807) is 0 Å². The van der Waals surface area contributed by atoms with E-state index in [4.69, 9.17) is 4.52 Å². The first-order valence-corrected chi connectivity index (χ1v) is 5.71. The van der Waals surface area contributed by atoms with Gasteiger partial charge in [-0.2, -0.15) is 10.1 Å². The van der Waals surface area contributed by atoms with Crippen LogP contribution in [0.4, 0.5) is 0 Å². The molecule has 0 aliphatic heterocycles. The van der Waals surface area contributed by atoms with Crippen molar-refractivity contribution in [2.45, 2.75) is 13.0 Å². The van der Waals surface area contributed by atoms with Gasteiger partial charge in [0.15, 0.2) is 5.82 Å². The van der Waals surface area contributed by atoms with E-state index in [1.807, 2.05) is 35.3 Å². The molecule has 1 aromatic carbocycles. The van der Waals surface area contributed by atoms with E-state index in [-0.39, 0.29) is 0 Å². The topological polar surface area (TPSA) is 56.7 Å². The lowest BCUT2D eigenvalue weighted by molar-refractivity contribution is 0.411. The van der Waals surface area contributed by atoms with Crippen molar-refractivity contribution in [1.29, 1.82) is 0 Å². The van der Waals surface area contributed by atoms with Gasteiger partial charge in [-0.05, 0) is 11.1 Å². The summed E-state index contributed by atoms with van der Waals surface area (Å²) in [6.07, 6.45) is 5.82. The van der Waals surface area contributed by atoms with Crippen LogP contribution in [0.3, 0.4) is 0 Å². The fourth-order valence-electron chi connectivity index (χ4n) is 1.81. The van der Waals surface area contributed by atoms with E-state index >= 15 is 0 Å². The molecule has 5 nitrogen and oxygen atoms in total. The molecule has 2 aromatic heterocycles. The molecule has 5 heteroatoms. The highest BCUT2D eigenvalue weighted by Gasteiger charge is 2.04. The van der Waals surface area contributed by atoms with E-state index in [9.17, 15) is 0 Å². The maximum atomic E-state index is 4.70. The highest BCUT2D eigenvalue weighted by molar-refractivity contribution is 5.16. The summed E-state index contributed by atoms with van der Waals surface area (Å²) in [5, 5.41) is 8.10. The largest absolute Gasteiger partial charge is 0.343 e. The predicted octanol–water partition coefficient (Wildman–Crippen LogP) is 1.91. The molecule has 0 fully saturated rings. The molecule has 3 aromatic rings. The monoisotopic (exact) mass is 240 g/mol. The van der Waals surface area contributed by atoms with E-state index in [2.05, 4.69) is 27.4 Å². The van der Waals surface area contributed by atoms with Gasteiger partial charge in [-0.1, -0.05) is 35.5 Å². The Balaban J connectivity index is 1.70. The zero-order valence-corrected chi connectivity index (χ0v) is 9.73. The van der Waals surface area contributed by atoms with Crippen molar-refractivity contribution >= 4 is 0 Å². The maximum absolute atomic E-state index is 4.70. The van der Waals surface area contributed by atoms with E-state index < -0.39 is 0 Å². The van der Waals surface area contributed by atoms with Crippen LogP contribution in [0.1, 0.15) is 17.0 Å². The Morgan fingerprint density at radius 3 is 2.78 bits per heavy atom. The normalized spacial score (nSPS) is 10.7. The van der Waals surface area contributed by atoms with E-state index in [1.165, 1.54) is 12.0 Å². The molecule has 0 N–H and O–H groups in total. The number of aromatic nitrogens is 4. The predicted molar refractivity (Wildman–Crippen MR) is 64.9 cm³/mol. The van der Waals surface area contributed by atoms with Gasteiger partial charge in [-0.15, -0.1) is 0 Å². The Morgan fingerprint density at radius 2 is 2.00 bits per heavy atom. The van der Waals surface area contributed by atoms with Crippen molar-refractivity contribution in [3.8, 4) is 0 Å². The Morgan fingerprint density at radius 1 is 1.11 bits per heavy atom. The molecule has 0 atom stereocenters. The van der Waals surface area contributed by atoms with Crippen LogP contribution in [0.25, 0.3) is 0 Å². The van der Waals surface area contributed by atoms with E-state index in [0.717, 1.165) is 12.1 Å². The quantitative estimate of drug-likeness (QED) is 0.699. The minimum Gasteiger partial charge on any atom is -0.343 e. The molecule has 90 valence electrons. The molecule has 0 unspecified atom stereocenters. The molecule has 18 heavy (non-hydrogen) atoms. The summed E-state index contributed by atoms with van der Waals surface area (Å²) in [5.41, 5.74) is 2.30. The highest BCUT2D eigenvalue weighted by Crippen LogP contribution is 2.06. The van der Waals surface area contributed by atoms with Gasteiger partial charge in [0, 0.05) is 12.6 Å². The number of nitrogens with zero attached hydrogens (tertiary/aromatic N) is 4. The zero-order chi connectivity index (χ0) is 12.2. The molecule has 0 amide bonds. The first-order chi connectivity index (χ1) is 8.90. The Kier molecular flexibility index (Phi) is 2.87. The third-order valence-corrected chi connectivity index (χ3v) is 2.64. The van der Waals surface area contributed by atoms with E-state index in [0.29, 0.717) is 12.2 Å². The summed E-state index contributed by atoms with van der Waals surface area (Å²) >= 11 is 0. The van der Waals surface area contributed by atoms with Gasteiger partial charge >= 0.3 is 0 Å². The first kappa shape index (κ1) is 10.7. The molecule has 0 bridgehead atoms. The third-order valence-electron chi connectivity index (χ3n) is 2.64. The van der Waals surface area contributed by atoms with Crippen molar-refractivity contribution in [2.24, 2.45) is 0 Å². The molecule has 0 radical (unpaired) electrons. The average Bonchev–Trinajstić information content (AvgIpc) is 3.03. The first-order valence-electron chi connectivity index (χ1n) is 5.71. The van der Waals surface area contributed by atoms with Crippen molar-refractivity contribution in [3.05, 3.63) is 66.1 Å². The average molecular weight is 240 g/mol. The van der Waals surface area contributed by atoms with Crippen molar-refractivity contribution in [1.82, 2.24) is 19.9 Å². The van der Waals surface area contributed by atoms with Crippen LogP contribution in [0.15, 0.2) is 53.6 Å².